The Morgan fingerprint density at radius 2 is 2.31 bits per heavy atom. The van der Waals surface area contributed by atoms with E-state index in [0.29, 0.717) is 17.1 Å². The molecule has 1 aliphatic heterocycles. The van der Waals surface area contributed by atoms with Gasteiger partial charge in [-0.2, -0.15) is 0 Å². The van der Waals surface area contributed by atoms with E-state index in [-0.39, 0.29) is 5.91 Å². The number of carbonyl (C=O) groups is 1. The Hall–Kier alpha value is -1.06. The van der Waals surface area contributed by atoms with Gasteiger partial charge in [0, 0.05) is 17.6 Å². The Bertz CT molecular complexity index is 365. The second-order valence-electron chi connectivity index (χ2n) is 2.92. The van der Waals surface area contributed by atoms with Gasteiger partial charge >= 0.3 is 0 Å². The van der Waals surface area contributed by atoms with Crippen molar-refractivity contribution in [3.05, 3.63) is 34.3 Å². The molecule has 0 fully saturated rings. The van der Waals surface area contributed by atoms with Crippen molar-refractivity contribution < 1.29 is 4.79 Å². The summed E-state index contributed by atoms with van der Waals surface area (Å²) in [6.45, 7) is 0.613. The normalized spacial score (nSPS) is 14.9. The van der Waals surface area contributed by atoms with E-state index >= 15 is 0 Å². The predicted octanol–water partition coefficient (Wildman–Crippen LogP) is 1.43. The standard InChI is InChI=1S/C9H9ClN2O/c1-11-12-5-6-2-3-7(10)4-8(6)9(12)13/h2-4,11H,5H2,1H3. The van der Waals surface area contributed by atoms with Gasteiger partial charge in [0.15, 0.2) is 0 Å². The van der Waals surface area contributed by atoms with Gasteiger partial charge in [-0.15, -0.1) is 0 Å². The molecule has 0 atom stereocenters. The van der Waals surface area contributed by atoms with Crippen molar-refractivity contribution in [2.24, 2.45) is 0 Å². The first-order valence-electron chi connectivity index (χ1n) is 4.00. The van der Waals surface area contributed by atoms with Gasteiger partial charge in [-0.3, -0.25) is 9.80 Å². The molecule has 1 amide bonds. The predicted molar refractivity (Wildman–Crippen MR) is 50.4 cm³/mol. The molecule has 13 heavy (non-hydrogen) atoms. The summed E-state index contributed by atoms with van der Waals surface area (Å²) in [6.07, 6.45) is 0. The molecule has 68 valence electrons. The Morgan fingerprint density at radius 1 is 1.54 bits per heavy atom. The molecular formula is C9H9ClN2O. The van der Waals surface area contributed by atoms with E-state index in [2.05, 4.69) is 5.43 Å². The van der Waals surface area contributed by atoms with E-state index in [4.69, 9.17) is 11.6 Å². The lowest BCUT2D eigenvalue weighted by atomic mass is 10.1. The summed E-state index contributed by atoms with van der Waals surface area (Å²) in [4.78, 5) is 11.6. The third-order valence-corrected chi connectivity index (χ3v) is 2.38. The van der Waals surface area contributed by atoms with Crippen LogP contribution in [-0.4, -0.2) is 18.0 Å². The SMILES string of the molecule is CNN1Cc2ccc(Cl)cc2C1=O. The number of benzene rings is 1. The zero-order valence-corrected chi connectivity index (χ0v) is 7.93. The van der Waals surface area contributed by atoms with Crippen LogP contribution in [0.3, 0.4) is 0 Å². The molecule has 0 spiro atoms. The van der Waals surface area contributed by atoms with E-state index in [9.17, 15) is 4.79 Å². The Kier molecular flexibility index (Phi) is 1.98. The first-order valence-corrected chi connectivity index (χ1v) is 4.38. The summed E-state index contributed by atoms with van der Waals surface area (Å²) in [5.41, 5.74) is 4.53. The van der Waals surface area contributed by atoms with Gasteiger partial charge in [-0.05, 0) is 17.7 Å². The summed E-state index contributed by atoms with van der Waals surface area (Å²) < 4.78 is 0. The molecule has 0 saturated carbocycles. The molecule has 0 aliphatic carbocycles. The molecule has 0 bridgehead atoms. The fraction of sp³-hybridized carbons (Fsp3) is 0.222. The molecule has 2 rings (SSSR count). The van der Waals surface area contributed by atoms with Crippen LogP contribution in [0.15, 0.2) is 18.2 Å². The molecule has 0 aromatic heterocycles. The highest BCUT2D eigenvalue weighted by Gasteiger charge is 2.26. The lowest BCUT2D eigenvalue weighted by Gasteiger charge is -2.12. The van der Waals surface area contributed by atoms with E-state index in [1.54, 1.807) is 24.2 Å². The number of amides is 1. The number of hydrogen-bond acceptors (Lipinski definition) is 2. The van der Waals surface area contributed by atoms with Crippen LogP contribution in [-0.2, 0) is 6.54 Å². The maximum absolute atomic E-state index is 11.6. The molecule has 1 aliphatic rings. The van der Waals surface area contributed by atoms with Crippen molar-refractivity contribution >= 4 is 17.5 Å². The number of carbonyl (C=O) groups excluding carboxylic acids is 1. The van der Waals surface area contributed by atoms with Crippen LogP contribution in [0.4, 0.5) is 0 Å². The van der Waals surface area contributed by atoms with Crippen molar-refractivity contribution in [2.75, 3.05) is 7.05 Å². The van der Waals surface area contributed by atoms with Crippen molar-refractivity contribution in [1.29, 1.82) is 0 Å². The molecule has 3 nitrogen and oxygen atoms in total. The molecule has 0 saturated heterocycles. The lowest BCUT2D eigenvalue weighted by molar-refractivity contribution is 0.0706. The van der Waals surface area contributed by atoms with Crippen LogP contribution >= 0.6 is 11.6 Å². The molecule has 1 aromatic rings. The van der Waals surface area contributed by atoms with Crippen LogP contribution in [0.2, 0.25) is 5.02 Å². The first kappa shape index (κ1) is 8.53. The highest BCUT2D eigenvalue weighted by molar-refractivity contribution is 6.31. The van der Waals surface area contributed by atoms with Crippen LogP contribution < -0.4 is 5.43 Å². The van der Waals surface area contributed by atoms with Crippen LogP contribution in [0.25, 0.3) is 0 Å². The zero-order chi connectivity index (χ0) is 9.42. The lowest BCUT2D eigenvalue weighted by Crippen LogP contribution is -2.34. The van der Waals surface area contributed by atoms with Gasteiger partial charge in [0.1, 0.15) is 0 Å². The summed E-state index contributed by atoms with van der Waals surface area (Å²) in [6, 6.07) is 5.39. The zero-order valence-electron chi connectivity index (χ0n) is 7.17. The maximum atomic E-state index is 11.6. The minimum Gasteiger partial charge on any atom is -0.270 e. The fourth-order valence-electron chi connectivity index (χ4n) is 1.45. The van der Waals surface area contributed by atoms with E-state index in [1.807, 2.05) is 6.07 Å². The number of nitrogens with zero attached hydrogens (tertiary/aromatic N) is 1. The maximum Gasteiger partial charge on any atom is 0.268 e. The largest absolute Gasteiger partial charge is 0.270 e. The third-order valence-electron chi connectivity index (χ3n) is 2.15. The Morgan fingerprint density at radius 3 is 3.00 bits per heavy atom. The number of fused-ring (bicyclic) bond motifs is 1. The Balaban J connectivity index is 2.45. The van der Waals surface area contributed by atoms with Gasteiger partial charge in [0.25, 0.3) is 5.91 Å². The molecule has 0 unspecified atom stereocenters. The minimum atomic E-state index is -0.0139. The molecule has 4 heteroatoms. The monoisotopic (exact) mass is 196 g/mol. The van der Waals surface area contributed by atoms with Gasteiger partial charge in [-0.1, -0.05) is 17.7 Å². The minimum absolute atomic E-state index is 0.0139. The summed E-state index contributed by atoms with van der Waals surface area (Å²) >= 11 is 5.79. The van der Waals surface area contributed by atoms with E-state index in [1.165, 1.54) is 0 Å². The average molecular weight is 197 g/mol. The second-order valence-corrected chi connectivity index (χ2v) is 3.35. The highest BCUT2D eigenvalue weighted by Crippen LogP contribution is 2.23. The number of rotatable bonds is 1. The third kappa shape index (κ3) is 1.30. The Labute approximate surface area is 81.3 Å². The molecule has 1 aromatic carbocycles. The summed E-state index contributed by atoms with van der Waals surface area (Å²) in [5, 5.41) is 2.16. The van der Waals surface area contributed by atoms with Gasteiger partial charge in [-0.25, -0.2) is 5.43 Å². The topological polar surface area (TPSA) is 32.3 Å². The van der Waals surface area contributed by atoms with Gasteiger partial charge in [0.05, 0.1) is 6.54 Å². The average Bonchev–Trinajstić information content (AvgIpc) is 2.44. The van der Waals surface area contributed by atoms with Crippen LogP contribution in [0, 0.1) is 0 Å². The highest BCUT2D eigenvalue weighted by atomic mass is 35.5. The fourth-order valence-corrected chi connectivity index (χ4v) is 1.63. The number of halogens is 1. The van der Waals surface area contributed by atoms with Gasteiger partial charge in [0.2, 0.25) is 0 Å². The summed E-state index contributed by atoms with van der Waals surface area (Å²) in [5.74, 6) is -0.0139. The molecule has 1 N–H and O–H groups in total. The van der Waals surface area contributed by atoms with Crippen molar-refractivity contribution in [2.45, 2.75) is 6.54 Å². The first-order chi connectivity index (χ1) is 6.22. The van der Waals surface area contributed by atoms with Gasteiger partial charge < -0.3 is 0 Å². The van der Waals surface area contributed by atoms with Crippen LogP contribution in [0.1, 0.15) is 15.9 Å². The smallest absolute Gasteiger partial charge is 0.268 e. The van der Waals surface area contributed by atoms with Crippen molar-refractivity contribution in [3.8, 4) is 0 Å². The second kappa shape index (κ2) is 3.01. The van der Waals surface area contributed by atoms with Crippen LogP contribution in [0.5, 0.6) is 0 Å². The number of hydrogen-bond donors (Lipinski definition) is 1. The van der Waals surface area contributed by atoms with E-state index < -0.39 is 0 Å². The molecule has 1 heterocycles. The van der Waals surface area contributed by atoms with Crippen molar-refractivity contribution in [1.82, 2.24) is 10.4 Å². The molecule has 0 radical (unpaired) electrons. The number of hydrazine groups is 1. The molecular weight excluding hydrogens is 188 g/mol. The number of nitrogens with one attached hydrogen (secondary N) is 1. The van der Waals surface area contributed by atoms with E-state index in [0.717, 1.165) is 5.56 Å². The summed E-state index contributed by atoms with van der Waals surface area (Å²) in [7, 11) is 1.73. The van der Waals surface area contributed by atoms with Crippen molar-refractivity contribution in [3.63, 3.8) is 0 Å². The quantitative estimate of drug-likeness (QED) is 0.737.